The maximum Gasteiger partial charge on any atom is 0.340 e. The number of carbonyl (C=O) groups excluding carboxylic acids is 3. The minimum atomic E-state index is -0.420. The van der Waals surface area contributed by atoms with Gasteiger partial charge in [0.05, 0.1) is 23.1 Å². The van der Waals surface area contributed by atoms with Crippen LogP contribution in [0, 0.1) is 13.8 Å². The molecule has 2 aromatic rings. The Morgan fingerprint density at radius 1 is 1.19 bits per heavy atom. The number of carbonyl (C=O) groups is 3. The highest BCUT2D eigenvalue weighted by Gasteiger charge is 2.26. The number of hydrogen-bond donors (Lipinski definition) is 2. The summed E-state index contributed by atoms with van der Waals surface area (Å²) in [5.74, 6) is -0.632. The molecular weight excluding hydrogens is 364 g/mol. The van der Waals surface area contributed by atoms with Crippen molar-refractivity contribution in [3.05, 3.63) is 46.8 Å². The number of rotatable bonds is 7. The van der Waals surface area contributed by atoms with E-state index in [4.69, 9.17) is 4.74 Å². The van der Waals surface area contributed by atoms with E-state index in [0.717, 1.165) is 4.90 Å². The molecular formula is C20H24N2O4S. The molecule has 0 aliphatic carbocycles. The number of Topliss-reactive ketones (excluding diaryl/α,β-unsaturated/α-hetero) is 1. The van der Waals surface area contributed by atoms with Crippen molar-refractivity contribution in [2.45, 2.75) is 44.8 Å². The van der Waals surface area contributed by atoms with Crippen LogP contribution in [0.5, 0.6) is 0 Å². The first kappa shape index (κ1) is 20.8. The standard InChI is InChI=1S/C20H24N2O4S/c1-6-26-20(25)17-11(2)18(21-12(17)3)19(24)13(4)27-16-9-7-15(8-10-16)22-14(5)23/h7-10,13,21H,6H2,1-5H3,(H,22,23). The molecule has 0 bridgehead atoms. The highest BCUT2D eigenvalue weighted by molar-refractivity contribution is 8.00. The van der Waals surface area contributed by atoms with Gasteiger partial charge in [-0.2, -0.15) is 0 Å². The summed E-state index contributed by atoms with van der Waals surface area (Å²) in [5.41, 5.74) is 2.82. The lowest BCUT2D eigenvalue weighted by Gasteiger charge is -2.11. The van der Waals surface area contributed by atoms with E-state index in [0.29, 0.717) is 28.2 Å². The van der Waals surface area contributed by atoms with Crippen LogP contribution < -0.4 is 5.32 Å². The number of esters is 1. The number of aromatic nitrogens is 1. The van der Waals surface area contributed by atoms with E-state index in [1.807, 2.05) is 19.1 Å². The number of aromatic amines is 1. The van der Waals surface area contributed by atoms with Crippen molar-refractivity contribution in [2.75, 3.05) is 11.9 Å². The van der Waals surface area contributed by atoms with Crippen molar-refractivity contribution in [2.24, 2.45) is 0 Å². The summed E-state index contributed by atoms with van der Waals surface area (Å²) in [7, 11) is 0. The maximum atomic E-state index is 12.9. The largest absolute Gasteiger partial charge is 0.462 e. The van der Waals surface area contributed by atoms with Crippen molar-refractivity contribution in [1.29, 1.82) is 0 Å². The molecule has 144 valence electrons. The normalized spacial score (nSPS) is 11.7. The zero-order chi connectivity index (χ0) is 20.1. The Kier molecular flexibility index (Phi) is 6.85. The average molecular weight is 388 g/mol. The van der Waals surface area contributed by atoms with Gasteiger partial charge >= 0.3 is 5.97 Å². The fraction of sp³-hybridized carbons (Fsp3) is 0.350. The Bertz CT molecular complexity index is 856. The van der Waals surface area contributed by atoms with Crippen molar-refractivity contribution in [3.63, 3.8) is 0 Å². The van der Waals surface area contributed by atoms with Crippen molar-refractivity contribution < 1.29 is 19.1 Å². The molecule has 27 heavy (non-hydrogen) atoms. The van der Waals surface area contributed by atoms with Gasteiger partial charge in [-0.15, -0.1) is 11.8 Å². The van der Waals surface area contributed by atoms with Gasteiger partial charge in [0.2, 0.25) is 5.91 Å². The quantitative estimate of drug-likeness (QED) is 0.423. The molecule has 0 fully saturated rings. The van der Waals surface area contributed by atoms with E-state index in [9.17, 15) is 14.4 Å². The van der Waals surface area contributed by atoms with Crippen molar-refractivity contribution in [1.82, 2.24) is 4.98 Å². The molecule has 0 radical (unpaired) electrons. The van der Waals surface area contributed by atoms with Gasteiger partial charge in [0, 0.05) is 23.2 Å². The maximum absolute atomic E-state index is 12.9. The van der Waals surface area contributed by atoms with Crippen molar-refractivity contribution in [3.8, 4) is 0 Å². The molecule has 7 heteroatoms. The van der Waals surface area contributed by atoms with E-state index in [1.165, 1.54) is 18.7 Å². The molecule has 1 aromatic carbocycles. The number of hydrogen-bond acceptors (Lipinski definition) is 5. The highest BCUT2D eigenvalue weighted by atomic mass is 32.2. The first-order valence-electron chi connectivity index (χ1n) is 8.69. The van der Waals surface area contributed by atoms with Gasteiger partial charge in [0.25, 0.3) is 0 Å². The number of nitrogens with one attached hydrogen (secondary N) is 2. The van der Waals surface area contributed by atoms with Gasteiger partial charge in [0.15, 0.2) is 5.78 Å². The molecule has 6 nitrogen and oxygen atoms in total. The van der Waals surface area contributed by atoms with Gasteiger partial charge < -0.3 is 15.0 Å². The van der Waals surface area contributed by atoms with Gasteiger partial charge in [-0.1, -0.05) is 0 Å². The summed E-state index contributed by atoms with van der Waals surface area (Å²) in [5, 5.41) is 2.36. The van der Waals surface area contributed by atoms with Crippen molar-refractivity contribution >= 4 is 35.1 Å². The zero-order valence-electron chi connectivity index (χ0n) is 16.1. The van der Waals surface area contributed by atoms with Crippen LogP contribution in [-0.4, -0.2) is 34.5 Å². The number of H-pyrrole nitrogens is 1. The van der Waals surface area contributed by atoms with Crippen LogP contribution in [0.2, 0.25) is 0 Å². The second-order valence-corrected chi connectivity index (χ2v) is 7.59. The van der Waals surface area contributed by atoms with Crippen LogP contribution in [0.1, 0.15) is 52.9 Å². The monoisotopic (exact) mass is 388 g/mol. The highest BCUT2D eigenvalue weighted by Crippen LogP contribution is 2.29. The van der Waals surface area contributed by atoms with E-state index in [2.05, 4.69) is 10.3 Å². The Balaban J connectivity index is 2.14. The van der Waals surface area contributed by atoms with E-state index >= 15 is 0 Å². The smallest absolute Gasteiger partial charge is 0.340 e. The minimum Gasteiger partial charge on any atom is -0.462 e. The number of amides is 1. The third-order valence-electron chi connectivity index (χ3n) is 4.02. The summed E-state index contributed by atoms with van der Waals surface area (Å²) in [6, 6.07) is 7.31. The molecule has 1 amide bonds. The number of thioether (sulfide) groups is 1. The second-order valence-electron chi connectivity index (χ2n) is 6.18. The number of anilines is 1. The Morgan fingerprint density at radius 3 is 2.37 bits per heavy atom. The lowest BCUT2D eigenvalue weighted by atomic mass is 10.1. The van der Waals surface area contributed by atoms with Gasteiger partial charge in [-0.25, -0.2) is 4.79 Å². The predicted octanol–water partition coefficient (Wildman–Crippen LogP) is 4.13. The van der Waals surface area contributed by atoms with E-state index < -0.39 is 5.97 Å². The van der Waals surface area contributed by atoms with Gasteiger partial charge in [-0.3, -0.25) is 9.59 Å². The minimum absolute atomic E-state index is 0.0814. The van der Waals surface area contributed by atoms with Gasteiger partial charge in [0.1, 0.15) is 0 Å². The predicted molar refractivity (Wildman–Crippen MR) is 107 cm³/mol. The van der Waals surface area contributed by atoms with Crippen LogP contribution in [-0.2, 0) is 9.53 Å². The zero-order valence-corrected chi connectivity index (χ0v) is 17.0. The summed E-state index contributed by atoms with van der Waals surface area (Å²) < 4.78 is 5.07. The summed E-state index contributed by atoms with van der Waals surface area (Å²) >= 11 is 1.42. The fourth-order valence-electron chi connectivity index (χ4n) is 2.79. The summed E-state index contributed by atoms with van der Waals surface area (Å²) in [4.78, 5) is 40.0. The van der Waals surface area contributed by atoms with Crippen LogP contribution in [0.15, 0.2) is 29.2 Å². The SMILES string of the molecule is CCOC(=O)c1c(C)[nH]c(C(=O)C(C)Sc2ccc(NC(C)=O)cc2)c1C. The number of ether oxygens (including phenoxy) is 1. The molecule has 0 saturated heterocycles. The number of aryl methyl sites for hydroxylation is 1. The second kappa shape index (κ2) is 8.90. The van der Waals surface area contributed by atoms with Crippen LogP contribution >= 0.6 is 11.8 Å². The van der Waals surface area contributed by atoms with Crippen LogP contribution in [0.25, 0.3) is 0 Å². The first-order valence-corrected chi connectivity index (χ1v) is 9.57. The Labute approximate surface area is 163 Å². The molecule has 1 atom stereocenters. The number of ketones is 1. The average Bonchev–Trinajstić information content (AvgIpc) is 2.90. The lowest BCUT2D eigenvalue weighted by Crippen LogP contribution is -2.15. The van der Waals surface area contributed by atoms with Gasteiger partial charge in [-0.05, 0) is 57.5 Å². The molecule has 2 rings (SSSR count). The Hall–Kier alpha value is -2.54. The van der Waals surface area contributed by atoms with E-state index in [1.54, 1.807) is 32.9 Å². The summed E-state index contributed by atoms with van der Waals surface area (Å²) in [6.07, 6.45) is 0. The number of benzene rings is 1. The molecule has 1 heterocycles. The summed E-state index contributed by atoms with van der Waals surface area (Å²) in [6.45, 7) is 8.82. The Morgan fingerprint density at radius 2 is 1.81 bits per heavy atom. The molecule has 1 unspecified atom stereocenters. The molecule has 0 saturated carbocycles. The molecule has 2 N–H and O–H groups in total. The topological polar surface area (TPSA) is 88.3 Å². The molecule has 0 spiro atoms. The fourth-order valence-corrected chi connectivity index (χ4v) is 3.71. The van der Waals surface area contributed by atoms with E-state index in [-0.39, 0.29) is 23.5 Å². The van der Waals surface area contributed by atoms with Crippen LogP contribution in [0.3, 0.4) is 0 Å². The lowest BCUT2D eigenvalue weighted by molar-refractivity contribution is -0.114. The third-order valence-corrected chi connectivity index (χ3v) is 5.13. The third kappa shape index (κ3) is 5.01. The molecule has 1 aromatic heterocycles. The first-order chi connectivity index (χ1) is 12.7. The molecule has 0 aliphatic heterocycles. The van der Waals surface area contributed by atoms with Crippen LogP contribution in [0.4, 0.5) is 5.69 Å². The molecule has 0 aliphatic rings.